The van der Waals surface area contributed by atoms with Crippen LogP contribution < -0.4 is 24.4 Å². The lowest BCUT2D eigenvalue weighted by molar-refractivity contribution is -0.115. The summed E-state index contributed by atoms with van der Waals surface area (Å²) in [6, 6.07) is 9.82. The van der Waals surface area contributed by atoms with Crippen molar-refractivity contribution >= 4 is 17.3 Å². The lowest BCUT2D eigenvalue weighted by Crippen LogP contribution is -2.46. The number of nitrogens with zero attached hydrogens (tertiary/aromatic N) is 2. The second kappa shape index (κ2) is 10.4. The van der Waals surface area contributed by atoms with Crippen LogP contribution >= 0.6 is 0 Å². The van der Waals surface area contributed by atoms with E-state index in [1.807, 2.05) is 13.0 Å². The molecule has 0 aliphatic carbocycles. The van der Waals surface area contributed by atoms with E-state index in [9.17, 15) is 4.79 Å². The molecule has 1 amide bonds. The third kappa shape index (κ3) is 5.41. The number of carbonyl (C=O) groups is 1. The van der Waals surface area contributed by atoms with Crippen LogP contribution in [0.5, 0.6) is 17.2 Å². The van der Waals surface area contributed by atoms with Crippen LogP contribution in [-0.4, -0.2) is 64.9 Å². The van der Waals surface area contributed by atoms with Crippen molar-refractivity contribution in [1.29, 1.82) is 0 Å². The van der Waals surface area contributed by atoms with E-state index >= 15 is 0 Å². The molecule has 2 aromatic carbocycles. The molecule has 0 saturated carbocycles. The van der Waals surface area contributed by atoms with Gasteiger partial charge in [0.05, 0.1) is 27.8 Å². The van der Waals surface area contributed by atoms with E-state index < -0.39 is 0 Å². The minimum Gasteiger partial charge on any atom is -0.493 e. The van der Waals surface area contributed by atoms with E-state index in [0.717, 1.165) is 49.5 Å². The van der Waals surface area contributed by atoms with Crippen molar-refractivity contribution in [3.63, 3.8) is 0 Å². The van der Waals surface area contributed by atoms with Crippen molar-refractivity contribution in [3.05, 3.63) is 41.5 Å². The average Bonchev–Trinajstić information content (AvgIpc) is 2.79. The number of carbonyl (C=O) groups excluding carboxylic acids is 1. The Kier molecular flexibility index (Phi) is 7.63. The number of hydrogen-bond donors (Lipinski definition) is 1. The predicted octanol–water partition coefficient (Wildman–Crippen LogP) is 3.34. The molecule has 0 bridgehead atoms. The second-order valence-corrected chi connectivity index (χ2v) is 7.68. The molecule has 1 aliphatic rings. The van der Waals surface area contributed by atoms with Gasteiger partial charge in [0.15, 0.2) is 11.5 Å². The fraction of sp³-hybridized carbons (Fsp3) is 0.458. The first-order chi connectivity index (χ1) is 15.0. The van der Waals surface area contributed by atoms with Crippen molar-refractivity contribution in [2.45, 2.75) is 20.3 Å². The van der Waals surface area contributed by atoms with E-state index in [1.54, 1.807) is 33.5 Å². The minimum absolute atomic E-state index is 0.0957. The Bertz CT molecular complexity index is 883. The summed E-state index contributed by atoms with van der Waals surface area (Å²) < 4.78 is 16.1. The largest absolute Gasteiger partial charge is 0.493 e. The number of nitrogens with one attached hydrogen (secondary N) is 1. The van der Waals surface area contributed by atoms with Gasteiger partial charge in [-0.1, -0.05) is 6.92 Å². The number of anilines is 2. The Morgan fingerprint density at radius 1 is 0.968 bits per heavy atom. The highest BCUT2D eigenvalue weighted by molar-refractivity contribution is 5.93. The Labute approximate surface area is 184 Å². The number of ether oxygens (including phenoxy) is 3. The zero-order chi connectivity index (χ0) is 22.4. The van der Waals surface area contributed by atoms with Crippen LogP contribution in [0.1, 0.15) is 18.1 Å². The van der Waals surface area contributed by atoms with Gasteiger partial charge in [-0.3, -0.25) is 4.79 Å². The topological polar surface area (TPSA) is 63.3 Å². The summed E-state index contributed by atoms with van der Waals surface area (Å²) in [5, 5.41) is 3.03. The number of rotatable bonds is 8. The Morgan fingerprint density at radius 2 is 1.61 bits per heavy atom. The summed E-state index contributed by atoms with van der Waals surface area (Å²) in [6.45, 7) is 9.56. The molecule has 0 radical (unpaired) electrons. The summed E-state index contributed by atoms with van der Waals surface area (Å²) >= 11 is 0. The smallest absolute Gasteiger partial charge is 0.228 e. The molecule has 1 aliphatic heterocycles. The molecule has 168 valence electrons. The molecule has 0 unspecified atom stereocenters. The summed E-state index contributed by atoms with van der Waals surface area (Å²) in [7, 11) is 4.69. The SMILES string of the molecule is CCN1CCN(c2ccc(NC(=O)Cc3cc(OC)c(OC)c(OC)c3)c(C)c2)CC1. The standard InChI is InChI=1S/C24H33N3O4/c1-6-26-9-11-27(12-10-26)19-7-8-20(17(2)13-19)25-23(28)16-18-14-21(29-3)24(31-5)22(15-18)30-4/h7-8,13-15H,6,9-12,16H2,1-5H3,(H,25,28). The molecule has 0 atom stereocenters. The van der Waals surface area contributed by atoms with Crippen molar-refractivity contribution in [2.24, 2.45) is 0 Å². The lowest BCUT2D eigenvalue weighted by atomic mass is 10.1. The van der Waals surface area contributed by atoms with E-state index in [4.69, 9.17) is 14.2 Å². The zero-order valence-electron chi connectivity index (χ0n) is 19.2. The molecular weight excluding hydrogens is 394 g/mol. The minimum atomic E-state index is -0.0957. The van der Waals surface area contributed by atoms with E-state index in [-0.39, 0.29) is 12.3 Å². The third-order valence-electron chi connectivity index (χ3n) is 5.76. The van der Waals surface area contributed by atoms with Crippen LogP contribution in [0, 0.1) is 6.92 Å². The van der Waals surface area contributed by atoms with E-state index in [0.29, 0.717) is 17.2 Å². The van der Waals surface area contributed by atoms with Gasteiger partial charge in [0, 0.05) is 37.6 Å². The normalized spacial score (nSPS) is 14.3. The quantitative estimate of drug-likeness (QED) is 0.697. The van der Waals surface area contributed by atoms with Crippen LogP contribution in [-0.2, 0) is 11.2 Å². The molecule has 0 aromatic heterocycles. The predicted molar refractivity (Wildman–Crippen MR) is 124 cm³/mol. The lowest BCUT2D eigenvalue weighted by Gasteiger charge is -2.35. The maximum Gasteiger partial charge on any atom is 0.228 e. The molecule has 7 nitrogen and oxygen atoms in total. The van der Waals surface area contributed by atoms with Crippen LogP contribution in [0.25, 0.3) is 0 Å². The van der Waals surface area contributed by atoms with Gasteiger partial charge < -0.3 is 29.3 Å². The van der Waals surface area contributed by atoms with Crippen LogP contribution in [0.2, 0.25) is 0 Å². The number of likely N-dealkylation sites (N-methyl/N-ethyl adjacent to an activating group) is 1. The van der Waals surface area contributed by atoms with E-state index in [2.05, 4.69) is 34.2 Å². The van der Waals surface area contributed by atoms with Gasteiger partial charge in [0.1, 0.15) is 0 Å². The maximum absolute atomic E-state index is 12.7. The summed E-state index contributed by atoms with van der Waals surface area (Å²) in [6.07, 6.45) is 0.205. The van der Waals surface area contributed by atoms with Crippen molar-refractivity contribution < 1.29 is 19.0 Å². The molecule has 2 aromatic rings. The molecule has 0 spiro atoms. The number of methoxy groups -OCH3 is 3. The molecule has 1 saturated heterocycles. The van der Waals surface area contributed by atoms with Gasteiger partial charge in [0.2, 0.25) is 11.7 Å². The fourth-order valence-corrected chi connectivity index (χ4v) is 3.92. The zero-order valence-corrected chi connectivity index (χ0v) is 19.2. The Hall–Kier alpha value is -2.93. The monoisotopic (exact) mass is 427 g/mol. The molecule has 1 N–H and O–H groups in total. The van der Waals surface area contributed by atoms with Gasteiger partial charge in [0.25, 0.3) is 0 Å². The molecule has 7 heteroatoms. The highest BCUT2D eigenvalue weighted by Crippen LogP contribution is 2.38. The van der Waals surface area contributed by atoms with Crippen molar-refractivity contribution in [2.75, 3.05) is 64.3 Å². The highest BCUT2D eigenvalue weighted by atomic mass is 16.5. The summed E-state index contributed by atoms with van der Waals surface area (Å²) in [5.41, 5.74) is 3.87. The molecule has 3 rings (SSSR count). The molecule has 31 heavy (non-hydrogen) atoms. The number of aryl methyl sites for hydroxylation is 1. The van der Waals surface area contributed by atoms with Crippen LogP contribution in [0.3, 0.4) is 0 Å². The number of amides is 1. The number of hydrogen-bond acceptors (Lipinski definition) is 6. The van der Waals surface area contributed by atoms with Gasteiger partial charge in [-0.2, -0.15) is 0 Å². The first-order valence-electron chi connectivity index (χ1n) is 10.7. The molecule has 1 heterocycles. The van der Waals surface area contributed by atoms with Crippen molar-refractivity contribution in [3.8, 4) is 17.2 Å². The molecular formula is C24H33N3O4. The van der Waals surface area contributed by atoms with E-state index in [1.165, 1.54) is 5.69 Å². The highest BCUT2D eigenvalue weighted by Gasteiger charge is 2.18. The average molecular weight is 428 g/mol. The number of piperazine rings is 1. The van der Waals surface area contributed by atoms with Crippen LogP contribution in [0.4, 0.5) is 11.4 Å². The van der Waals surface area contributed by atoms with Crippen molar-refractivity contribution in [1.82, 2.24) is 4.90 Å². The maximum atomic E-state index is 12.7. The van der Waals surface area contributed by atoms with Gasteiger partial charge in [-0.05, 0) is 54.9 Å². The fourth-order valence-electron chi connectivity index (χ4n) is 3.92. The van der Waals surface area contributed by atoms with Gasteiger partial charge in [-0.15, -0.1) is 0 Å². The van der Waals surface area contributed by atoms with Gasteiger partial charge >= 0.3 is 0 Å². The molecule has 1 fully saturated rings. The Balaban J connectivity index is 1.67. The summed E-state index contributed by atoms with van der Waals surface area (Å²) in [4.78, 5) is 17.6. The number of benzene rings is 2. The first-order valence-corrected chi connectivity index (χ1v) is 10.7. The van der Waals surface area contributed by atoms with Crippen LogP contribution in [0.15, 0.2) is 30.3 Å². The Morgan fingerprint density at radius 3 is 2.13 bits per heavy atom. The first kappa shape index (κ1) is 22.7. The summed E-state index contributed by atoms with van der Waals surface area (Å²) in [5.74, 6) is 1.49. The van der Waals surface area contributed by atoms with Gasteiger partial charge in [-0.25, -0.2) is 0 Å². The third-order valence-corrected chi connectivity index (χ3v) is 5.76. The second-order valence-electron chi connectivity index (χ2n) is 7.68.